The lowest BCUT2D eigenvalue weighted by atomic mass is 10.1. The van der Waals surface area contributed by atoms with Crippen LogP contribution in [-0.4, -0.2) is 17.1 Å². The van der Waals surface area contributed by atoms with E-state index in [1.807, 2.05) is 37.3 Å². The summed E-state index contributed by atoms with van der Waals surface area (Å²) in [6, 6.07) is 9.53. The van der Waals surface area contributed by atoms with Crippen molar-refractivity contribution < 1.29 is 4.74 Å². The highest BCUT2D eigenvalue weighted by Gasteiger charge is 2.07. The number of thiocarbonyl (C=S) groups is 1. The van der Waals surface area contributed by atoms with Crippen LogP contribution in [0.5, 0.6) is 5.75 Å². The Kier molecular flexibility index (Phi) is 4.53. The largest absolute Gasteiger partial charge is 0.497 e. The Hall–Kier alpha value is -2.14. The second-order valence-corrected chi connectivity index (χ2v) is 4.84. The minimum atomic E-state index is 0.355. The van der Waals surface area contributed by atoms with Gasteiger partial charge >= 0.3 is 0 Å². The lowest BCUT2D eigenvalue weighted by Gasteiger charge is -2.13. The molecule has 0 amide bonds. The average molecular weight is 287 g/mol. The van der Waals surface area contributed by atoms with Gasteiger partial charge in [0.05, 0.1) is 19.3 Å². The molecule has 0 radical (unpaired) electrons. The van der Waals surface area contributed by atoms with E-state index in [0.29, 0.717) is 11.5 Å². The molecular weight excluding hydrogens is 270 g/mol. The van der Waals surface area contributed by atoms with Gasteiger partial charge in [-0.2, -0.15) is 0 Å². The Bertz CT molecular complexity index is 628. The number of hydrogen-bond donors (Lipinski definition) is 2. The summed E-state index contributed by atoms with van der Waals surface area (Å²) in [4.78, 5) is 4.71. The molecule has 1 aromatic heterocycles. The van der Waals surface area contributed by atoms with Crippen molar-refractivity contribution in [1.29, 1.82) is 0 Å². The standard InChI is InChI=1S/C15H17N3OS/c1-10-4-3-7-17-14(10)9-18-13-8-11(19-2)5-6-12(13)15(16)20/h3-8,18H,9H2,1-2H3,(H2,16,20). The van der Waals surface area contributed by atoms with E-state index in [-0.39, 0.29) is 0 Å². The van der Waals surface area contributed by atoms with Gasteiger partial charge in [-0.1, -0.05) is 18.3 Å². The third-order valence-electron chi connectivity index (χ3n) is 3.06. The van der Waals surface area contributed by atoms with E-state index in [9.17, 15) is 0 Å². The van der Waals surface area contributed by atoms with Crippen LogP contribution in [0.25, 0.3) is 0 Å². The second kappa shape index (κ2) is 6.34. The Balaban J connectivity index is 2.24. The number of methoxy groups -OCH3 is 1. The maximum absolute atomic E-state index is 5.74. The quantitative estimate of drug-likeness (QED) is 0.828. The van der Waals surface area contributed by atoms with E-state index >= 15 is 0 Å². The molecule has 0 spiro atoms. The molecule has 0 unspecified atom stereocenters. The number of benzene rings is 1. The summed E-state index contributed by atoms with van der Waals surface area (Å²) in [5.74, 6) is 0.755. The number of nitrogens with one attached hydrogen (secondary N) is 1. The van der Waals surface area contributed by atoms with Crippen molar-refractivity contribution in [3.63, 3.8) is 0 Å². The highest BCUT2D eigenvalue weighted by atomic mass is 32.1. The monoisotopic (exact) mass is 287 g/mol. The predicted molar refractivity (Wildman–Crippen MR) is 85.2 cm³/mol. The molecule has 2 aromatic rings. The van der Waals surface area contributed by atoms with Gasteiger partial charge in [-0.25, -0.2) is 0 Å². The van der Waals surface area contributed by atoms with Gasteiger partial charge in [0.15, 0.2) is 0 Å². The molecule has 0 aliphatic carbocycles. The van der Waals surface area contributed by atoms with Gasteiger partial charge in [0.1, 0.15) is 10.7 Å². The van der Waals surface area contributed by atoms with Gasteiger partial charge in [0.25, 0.3) is 0 Å². The molecule has 0 saturated heterocycles. The van der Waals surface area contributed by atoms with Crippen LogP contribution in [0.2, 0.25) is 0 Å². The van der Waals surface area contributed by atoms with E-state index in [1.54, 1.807) is 13.3 Å². The second-order valence-electron chi connectivity index (χ2n) is 4.40. The first-order valence-electron chi connectivity index (χ1n) is 6.24. The number of nitrogens with two attached hydrogens (primary N) is 1. The number of ether oxygens (including phenoxy) is 1. The van der Waals surface area contributed by atoms with Crippen molar-refractivity contribution in [1.82, 2.24) is 4.98 Å². The number of hydrogen-bond acceptors (Lipinski definition) is 4. The molecule has 20 heavy (non-hydrogen) atoms. The normalized spacial score (nSPS) is 10.1. The van der Waals surface area contributed by atoms with E-state index in [2.05, 4.69) is 10.3 Å². The fourth-order valence-electron chi connectivity index (χ4n) is 1.89. The summed E-state index contributed by atoms with van der Waals surface area (Å²) >= 11 is 5.07. The number of anilines is 1. The third-order valence-corrected chi connectivity index (χ3v) is 3.28. The van der Waals surface area contributed by atoms with Crippen molar-refractivity contribution in [3.8, 4) is 5.75 Å². The Morgan fingerprint density at radius 2 is 2.20 bits per heavy atom. The molecule has 1 aromatic carbocycles. The molecule has 0 saturated carbocycles. The van der Waals surface area contributed by atoms with Crippen LogP contribution in [0.3, 0.4) is 0 Å². The van der Waals surface area contributed by atoms with E-state index < -0.39 is 0 Å². The molecule has 2 rings (SSSR count). The summed E-state index contributed by atoms with van der Waals surface area (Å²) in [5, 5.41) is 3.32. The van der Waals surface area contributed by atoms with E-state index in [1.165, 1.54) is 0 Å². The van der Waals surface area contributed by atoms with Crippen LogP contribution in [0.4, 0.5) is 5.69 Å². The zero-order valence-corrected chi connectivity index (χ0v) is 12.3. The smallest absolute Gasteiger partial charge is 0.120 e. The molecule has 4 nitrogen and oxygen atoms in total. The molecule has 0 aliphatic heterocycles. The van der Waals surface area contributed by atoms with Crippen LogP contribution >= 0.6 is 12.2 Å². The first-order chi connectivity index (χ1) is 9.61. The maximum Gasteiger partial charge on any atom is 0.120 e. The topological polar surface area (TPSA) is 60.2 Å². The minimum absolute atomic E-state index is 0.355. The van der Waals surface area contributed by atoms with Crippen LogP contribution in [-0.2, 0) is 6.54 Å². The molecular formula is C15H17N3OS. The number of pyridine rings is 1. The Morgan fingerprint density at radius 3 is 2.85 bits per heavy atom. The number of nitrogens with zero attached hydrogens (tertiary/aromatic N) is 1. The highest BCUT2D eigenvalue weighted by molar-refractivity contribution is 7.80. The summed E-state index contributed by atoms with van der Waals surface area (Å²) < 4.78 is 5.23. The number of rotatable bonds is 5. The number of aryl methyl sites for hydroxylation is 1. The number of aromatic nitrogens is 1. The van der Waals surface area contributed by atoms with Crippen molar-refractivity contribution in [2.75, 3.05) is 12.4 Å². The lowest BCUT2D eigenvalue weighted by Crippen LogP contribution is -2.14. The predicted octanol–water partition coefficient (Wildman–Crippen LogP) is 2.64. The lowest BCUT2D eigenvalue weighted by molar-refractivity contribution is 0.415. The van der Waals surface area contributed by atoms with E-state index in [4.69, 9.17) is 22.7 Å². The molecule has 3 N–H and O–H groups in total. The molecule has 0 bridgehead atoms. The van der Waals surface area contributed by atoms with Crippen molar-refractivity contribution in [2.45, 2.75) is 13.5 Å². The van der Waals surface area contributed by atoms with Crippen molar-refractivity contribution in [2.24, 2.45) is 5.73 Å². The Labute approximate surface area is 124 Å². The molecule has 5 heteroatoms. The summed E-state index contributed by atoms with van der Waals surface area (Å²) in [6.45, 7) is 2.64. The maximum atomic E-state index is 5.74. The molecule has 0 fully saturated rings. The van der Waals surface area contributed by atoms with Gasteiger partial charge in [-0.15, -0.1) is 0 Å². The first-order valence-corrected chi connectivity index (χ1v) is 6.65. The highest BCUT2D eigenvalue weighted by Crippen LogP contribution is 2.23. The molecule has 0 aliphatic rings. The van der Waals surface area contributed by atoms with E-state index in [0.717, 1.165) is 28.3 Å². The van der Waals surface area contributed by atoms with Gasteiger partial charge in [0.2, 0.25) is 0 Å². The summed E-state index contributed by atoms with van der Waals surface area (Å²) in [6.07, 6.45) is 1.78. The van der Waals surface area contributed by atoms with Crippen LogP contribution < -0.4 is 15.8 Å². The summed E-state index contributed by atoms with van der Waals surface area (Å²) in [7, 11) is 1.63. The fourth-order valence-corrected chi connectivity index (χ4v) is 2.07. The zero-order chi connectivity index (χ0) is 14.5. The van der Waals surface area contributed by atoms with Crippen LogP contribution in [0, 0.1) is 6.92 Å². The van der Waals surface area contributed by atoms with Gasteiger partial charge < -0.3 is 15.8 Å². The minimum Gasteiger partial charge on any atom is -0.497 e. The van der Waals surface area contributed by atoms with Gasteiger partial charge in [-0.05, 0) is 30.7 Å². The molecule has 0 atom stereocenters. The SMILES string of the molecule is COc1ccc(C(N)=S)c(NCc2ncccc2C)c1. The van der Waals surface area contributed by atoms with Crippen LogP contribution in [0.15, 0.2) is 36.5 Å². The summed E-state index contributed by atoms with van der Waals surface area (Å²) in [5.41, 5.74) is 9.52. The first kappa shape index (κ1) is 14.3. The third kappa shape index (κ3) is 3.24. The van der Waals surface area contributed by atoms with Gasteiger partial charge in [0, 0.05) is 23.5 Å². The molecule has 104 valence electrons. The average Bonchev–Trinajstić information content (AvgIpc) is 2.46. The molecule has 1 heterocycles. The fraction of sp³-hybridized carbons (Fsp3) is 0.200. The van der Waals surface area contributed by atoms with Crippen LogP contribution in [0.1, 0.15) is 16.8 Å². The zero-order valence-electron chi connectivity index (χ0n) is 11.5. The Morgan fingerprint density at radius 1 is 1.40 bits per heavy atom. The van der Waals surface area contributed by atoms with Crippen molar-refractivity contribution in [3.05, 3.63) is 53.3 Å². The van der Waals surface area contributed by atoms with Crippen molar-refractivity contribution >= 4 is 22.9 Å². The van der Waals surface area contributed by atoms with Gasteiger partial charge in [-0.3, -0.25) is 4.98 Å².